The number of nitrogens with zero attached hydrogens (tertiary/aromatic N) is 2. The zero-order valence-corrected chi connectivity index (χ0v) is 21.6. The van der Waals surface area contributed by atoms with Crippen molar-refractivity contribution in [3.8, 4) is 11.5 Å². The first-order valence-electron chi connectivity index (χ1n) is 12.1. The largest absolute Gasteiger partial charge is 0.493 e. The van der Waals surface area contributed by atoms with E-state index in [1.165, 1.54) is 0 Å². The molecule has 2 amide bonds. The van der Waals surface area contributed by atoms with Crippen LogP contribution in [0.25, 0.3) is 10.9 Å². The normalized spacial score (nSPS) is 11.2. The number of fused-ring (bicyclic) bond motifs is 1. The molecule has 1 aromatic heterocycles. The molecule has 188 valence electrons. The monoisotopic (exact) mass is 479 g/mol. The number of rotatable bonds is 11. The van der Waals surface area contributed by atoms with Gasteiger partial charge in [0.25, 0.3) is 0 Å². The van der Waals surface area contributed by atoms with Gasteiger partial charge in [-0.2, -0.15) is 0 Å². The van der Waals surface area contributed by atoms with Crippen molar-refractivity contribution in [3.63, 3.8) is 0 Å². The molecule has 1 N–H and O–H groups in total. The van der Waals surface area contributed by atoms with E-state index in [9.17, 15) is 9.59 Å². The number of hydrogen-bond donors (Lipinski definition) is 1. The number of amides is 2. The van der Waals surface area contributed by atoms with Gasteiger partial charge in [-0.05, 0) is 49.6 Å². The van der Waals surface area contributed by atoms with Crippen molar-refractivity contribution in [2.45, 2.75) is 46.7 Å². The maximum Gasteiger partial charge on any atom is 0.242 e. The van der Waals surface area contributed by atoms with Crippen molar-refractivity contribution in [2.24, 2.45) is 5.92 Å². The van der Waals surface area contributed by atoms with Gasteiger partial charge < -0.3 is 24.3 Å². The highest BCUT2D eigenvalue weighted by Crippen LogP contribution is 2.28. The number of carbonyl (C=O) groups excluding carboxylic acids is 2. The van der Waals surface area contributed by atoms with Crippen LogP contribution in [0, 0.1) is 5.92 Å². The van der Waals surface area contributed by atoms with Crippen LogP contribution in [0.2, 0.25) is 0 Å². The molecule has 3 rings (SSSR count). The molecule has 0 aliphatic carbocycles. The number of aromatic amines is 1. The average molecular weight is 480 g/mol. The van der Waals surface area contributed by atoms with Crippen LogP contribution in [-0.2, 0) is 22.6 Å². The number of carbonyl (C=O) groups is 2. The summed E-state index contributed by atoms with van der Waals surface area (Å²) in [6.07, 6.45) is 2.70. The minimum atomic E-state index is -0.171. The van der Waals surface area contributed by atoms with Gasteiger partial charge in [0.2, 0.25) is 11.8 Å². The quantitative estimate of drug-likeness (QED) is 0.434. The molecule has 35 heavy (non-hydrogen) atoms. The summed E-state index contributed by atoms with van der Waals surface area (Å²) in [5, 5.41) is 1.16. The standard InChI is InChI=1S/C28H37N3O4/c1-19(2)28(33)31(20(3)4)18-27(32)30(17-21-11-12-25(34-5)26(15-21)35-6)14-13-22-16-29-24-10-8-7-9-23(22)24/h7-12,15-16,19-20,29H,13-14,17-18H2,1-6H3. The molecule has 0 fully saturated rings. The van der Waals surface area contributed by atoms with E-state index in [0.29, 0.717) is 31.0 Å². The van der Waals surface area contributed by atoms with Crippen LogP contribution >= 0.6 is 0 Å². The lowest BCUT2D eigenvalue weighted by molar-refractivity contribution is -0.144. The third kappa shape index (κ3) is 6.35. The molecule has 2 aromatic carbocycles. The Bertz CT molecular complexity index is 1150. The third-order valence-electron chi connectivity index (χ3n) is 6.21. The van der Waals surface area contributed by atoms with Crippen LogP contribution in [0.1, 0.15) is 38.8 Å². The highest BCUT2D eigenvalue weighted by molar-refractivity contribution is 5.86. The lowest BCUT2D eigenvalue weighted by Gasteiger charge is -2.31. The van der Waals surface area contributed by atoms with Crippen LogP contribution in [0.3, 0.4) is 0 Å². The van der Waals surface area contributed by atoms with Gasteiger partial charge in [0.1, 0.15) is 0 Å². The van der Waals surface area contributed by atoms with E-state index in [1.54, 1.807) is 19.1 Å². The molecule has 0 bridgehead atoms. The number of H-pyrrole nitrogens is 1. The number of benzene rings is 2. The minimum absolute atomic E-state index is 0.0176. The summed E-state index contributed by atoms with van der Waals surface area (Å²) < 4.78 is 10.8. The summed E-state index contributed by atoms with van der Waals surface area (Å²) in [7, 11) is 3.19. The molecule has 0 radical (unpaired) electrons. The molecule has 0 atom stereocenters. The lowest BCUT2D eigenvalue weighted by Crippen LogP contribution is -2.47. The van der Waals surface area contributed by atoms with Crippen molar-refractivity contribution >= 4 is 22.7 Å². The molecule has 3 aromatic rings. The third-order valence-corrected chi connectivity index (χ3v) is 6.21. The van der Waals surface area contributed by atoms with E-state index < -0.39 is 0 Å². The van der Waals surface area contributed by atoms with Crippen LogP contribution in [0.15, 0.2) is 48.7 Å². The van der Waals surface area contributed by atoms with Crippen LogP contribution < -0.4 is 9.47 Å². The fraction of sp³-hybridized carbons (Fsp3) is 0.429. The summed E-state index contributed by atoms with van der Waals surface area (Å²) in [6, 6.07) is 13.8. The molecule has 0 saturated heterocycles. The second-order valence-electron chi connectivity index (χ2n) is 9.33. The molecule has 0 spiro atoms. The number of para-hydroxylation sites is 1. The van der Waals surface area contributed by atoms with Gasteiger partial charge in [-0.25, -0.2) is 0 Å². The van der Waals surface area contributed by atoms with Gasteiger partial charge in [-0.15, -0.1) is 0 Å². The molecule has 0 aliphatic rings. The Morgan fingerprint density at radius 3 is 2.34 bits per heavy atom. The van der Waals surface area contributed by atoms with Gasteiger partial charge in [0.05, 0.1) is 20.8 Å². The van der Waals surface area contributed by atoms with E-state index in [4.69, 9.17) is 9.47 Å². The fourth-order valence-corrected chi connectivity index (χ4v) is 4.18. The van der Waals surface area contributed by atoms with Crippen molar-refractivity contribution in [2.75, 3.05) is 27.3 Å². The molecule has 7 heteroatoms. The first kappa shape index (κ1) is 26.1. The second-order valence-corrected chi connectivity index (χ2v) is 9.33. The van der Waals surface area contributed by atoms with Gasteiger partial charge in [0.15, 0.2) is 11.5 Å². The van der Waals surface area contributed by atoms with Crippen LogP contribution in [0.5, 0.6) is 11.5 Å². The predicted molar refractivity (Wildman–Crippen MR) is 139 cm³/mol. The van der Waals surface area contributed by atoms with Crippen molar-refractivity contribution in [1.82, 2.24) is 14.8 Å². The number of methoxy groups -OCH3 is 2. The maximum atomic E-state index is 13.6. The average Bonchev–Trinajstić information content (AvgIpc) is 3.27. The Balaban J connectivity index is 1.85. The SMILES string of the molecule is COc1ccc(CN(CCc2c[nH]c3ccccc23)C(=O)CN(C(=O)C(C)C)C(C)C)cc1OC. The van der Waals surface area contributed by atoms with Crippen molar-refractivity contribution < 1.29 is 19.1 Å². The van der Waals surface area contributed by atoms with E-state index in [0.717, 1.165) is 22.0 Å². The summed E-state index contributed by atoms with van der Waals surface area (Å²) in [5.74, 6) is 0.989. The van der Waals surface area contributed by atoms with E-state index >= 15 is 0 Å². The number of aromatic nitrogens is 1. The smallest absolute Gasteiger partial charge is 0.242 e. The zero-order valence-electron chi connectivity index (χ0n) is 21.6. The Morgan fingerprint density at radius 1 is 0.971 bits per heavy atom. The van der Waals surface area contributed by atoms with Gasteiger partial charge in [-0.3, -0.25) is 9.59 Å². The molecule has 0 unspecified atom stereocenters. The van der Waals surface area contributed by atoms with E-state index in [1.807, 2.05) is 75.2 Å². The summed E-state index contributed by atoms with van der Waals surface area (Å²) >= 11 is 0. The van der Waals surface area contributed by atoms with Crippen LogP contribution in [0.4, 0.5) is 0 Å². The molecule has 1 heterocycles. The highest BCUT2D eigenvalue weighted by atomic mass is 16.5. The molecular weight excluding hydrogens is 442 g/mol. The molecule has 7 nitrogen and oxygen atoms in total. The van der Waals surface area contributed by atoms with Crippen molar-refractivity contribution in [1.29, 1.82) is 0 Å². The van der Waals surface area contributed by atoms with Gasteiger partial charge in [-0.1, -0.05) is 38.1 Å². The molecule has 0 saturated carbocycles. The minimum Gasteiger partial charge on any atom is -0.493 e. The molecular formula is C28H37N3O4. The predicted octanol–water partition coefficient (Wildman–Crippen LogP) is 4.65. The Morgan fingerprint density at radius 2 is 1.69 bits per heavy atom. The second kappa shape index (κ2) is 11.8. The van der Waals surface area contributed by atoms with E-state index in [-0.39, 0.29) is 30.3 Å². The summed E-state index contributed by atoms with van der Waals surface area (Å²) in [6.45, 7) is 8.59. The Kier molecular flexibility index (Phi) is 8.79. The number of ether oxygens (including phenoxy) is 2. The Hall–Kier alpha value is -3.48. The first-order chi connectivity index (χ1) is 16.7. The summed E-state index contributed by atoms with van der Waals surface area (Å²) in [4.78, 5) is 33.1. The number of hydrogen-bond acceptors (Lipinski definition) is 4. The highest BCUT2D eigenvalue weighted by Gasteiger charge is 2.25. The molecule has 0 aliphatic heterocycles. The fourth-order valence-electron chi connectivity index (χ4n) is 4.18. The van der Waals surface area contributed by atoms with Crippen LogP contribution in [-0.4, -0.2) is 59.9 Å². The summed E-state index contributed by atoms with van der Waals surface area (Å²) in [5.41, 5.74) is 3.17. The first-order valence-corrected chi connectivity index (χ1v) is 12.1. The van der Waals surface area contributed by atoms with Crippen molar-refractivity contribution in [3.05, 3.63) is 59.8 Å². The zero-order chi connectivity index (χ0) is 25.5. The van der Waals surface area contributed by atoms with Gasteiger partial charge >= 0.3 is 0 Å². The Labute approximate surface area is 208 Å². The maximum absolute atomic E-state index is 13.6. The number of nitrogens with one attached hydrogen (secondary N) is 1. The van der Waals surface area contributed by atoms with Gasteiger partial charge in [0, 0.05) is 42.1 Å². The lowest BCUT2D eigenvalue weighted by atomic mass is 10.1. The van der Waals surface area contributed by atoms with E-state index in [2.05, 4.69) is 11.1 Å². The topological polar surface area (TPSA) is 74.9 Å².